The second-order valence-electron chi connectivity index (χ2n) is 11.1. The maximum Gasteiger partial charge on any atom is 0.264 e. The van der Waals surface area contributed by atoms with Crippen molar-refractivity contribution in [3.8, 4) is 11.5 Å². The second kappa shape index (κ2) is 14.2. The number of hydrogen-bond acceptors (Lipinski definition) is 5. The number of nitrogens with one attached hydrogen (secondary N) is 1. The summed E-state index contributed by atoms with van der Waals surface area (Å²) in [6.45, 7) is 8.79. The Hall–Kier alpha value is -4.63. The fourth-order valence-electron chi connectivity index (χ4n) is 4.67. The lowest BCUT2D eigenvalue weighted by atomic mass is 10.1. The zero-order valence-corrected chi connectivity index (χ0v) is 26.5. The Labute approximate surface area is 260 Å². The van der Waals surface area contributed by atoms with Gasteiger partial charge in [-0.2, -0.15) is 0 Å². The second-order valence-corrected chi connectivity index (χ2v) is 12.9. The number of aryl methyl sites for hydroxylation is 2. The largest absolute Gasteiger partial charge is 0.457 e. The van der Waals surface area contributed by atoms with Gasteiger partial charge in [0.05, 0.1) is 10.6 Å². The molecular weight excluding hydrogens is 574 g/mol. The lowest BCUT2D eigenvalue weighted by Crippen LogP contribution is -2.52. The molecule has 0 aliphatic carbocycles. The minimum absolute atomic E-state index is 0.0522. The molecule has 4 aromatic rings. The molecule has 0 spiro atoms. The Bertz CT molecular complexity index is 1670. The Morgan fingerprint density at radius 3 is 2.02 bits per heavy atom. The van der Waals surface area contributed by atoms with Crippen LogP contribution in [-0.4, -0.2) is 43.8 Å². The molecule has 0 fully saturated rings. The van der Waals surface area contributed by atoms with Crippen LogP contribution in [0.5, 0.6) is 11.5 Å². The van der Waals surface area contributed by atoms with Gasteiger partial charge in [0.2, 0.25) is 11.8 Å². The van der Waals surface area contributed by atoms with Gasteiger partial charge in [0.1, 0.15) is 24.1 Å². The van der Waals surface area contributed by atoms with Crippen molar-refractivity contribution < 1.29 is 22.7 Å². The van der Waals surface area contributed by atoms with Crippen molar-refractivity contribution in [3.63, 3.8) is 0 Å². The average Bonchev–Trinajstić information content (AvgIpc) is 2.99. The SMILES string of the molecule is Cc1ccc(S(=O)(=O)N(CC(=O)N(Cc2cccc(C)c2)[C@H](C)C(=O)NC(C)C)c2ccc(Oc3ccccc3)cc2)cc1. The Kier molecular flexibility index (Phi) is 10.4. The first-order valence-electron chi connectivity index (χ1n) is 14.5. The van der Waals surface area contributed by atoms with Gasteiger partial charge in [-0.05, 0) is 88.7 Å². The summed E-state index contributed by atoms with van der Waals surface area (Å²) in [4.78, 5) is 28.7. The number of sulfonamides is 1. The van der Waals surface area contributed by atoms with E-state index in [1.165, 1.54) is 17.0 Å². The smallest absolute Gasteiger partial charge is 0.264 e. The van der Waals surface area contributed by atoms with Gasteiger partial charge in [0, 0.05) is 12.6 Å². The Balaban J connectivity index is 1.71. The van der Waals surface area contributed by atoms with E-state index >= 15 is 0 Å². The lowest BCUT2D eigenvalue weighted by molar-refractivity contribution is -0.139. The van der Waals surface area contributed by atoms with Gasteiger partial charge in [-0.15, -0.1) is 0 Å². The zero-order chi connectivity index (χ0) is 31.9. The van der Waals surface area contributed by atoms with Gasteiger partial charge in [0.25, 0.3) is 10.0 Å². The number of hydrogen-bond donors (Lipinski definition) is 1. The molecule has 1 N–H and O–H groups in total. The van der Waals surface area contributed by atoms with Gasteiger partial charge >= 0.3 is 0 Å². The number of benzene rings is 4. The summed E-state index contributed by atoms with van der Waals surface area (Å²) >= 11 is 0. The number of carbonyl (C=O) groups excluding carboxylic acids is 2. The highest BCUT2D eigenvalue weighted by Crippen LogP contribution is 2.29. The van der Waals surface area contributed by atoms with E-state index in [4.69, 9.17) is 4.74 Å². The quantitative estimate of drug-likeness (QED) is 0.204. The van der Waals surface area contributed by atoms with Crippen LogP contribution in [0, 0.1) is 13.8 Å². The minimum atomic E-state index is -4.17. The van der Waals surface area contributed by atoms with Crippen LogP contribution in [0.3, 0.4) is 0 Å². The first-order valence-corrected chi connectivity index (χ1v) is 16.0. The molecule has 230 valence electrons. The molecule has 0 saturated carbocycles. The molecule has 0 radical (unpaired) electrons. The molecule has 0 aliphatic heterocycles. The summed E-state index contributed by atoms with van der Waals surface area (Å²) in [5, 5.41) is 2.87. The third-order valence-corrected chi connectivity index (χ3v) is 8.81. The first kappa shape index (κ1) is 32.3. The van der Waals surface area contributed by atoms with Crippen molar-refractivity contribution in [3.05, 3.63) is 120 Å². The van der Waals surface area contributed by atoms with Gasteiger partial charge in [-0.1, -0.05) is 65.7 Å². The summed E-state index contributed by atoms with van der Waals surface area (Å²) in [6.07, 6.45) is 0. The van der Waals surface area contributed by atoms with Crippen LogP contribution in [0.25, 0.3) is 0 Å². The zero-order valence-electron chi connectivity index (χ0n) is 25.7. The molecule has 8 nitrogen and oxygen atoms in total. The van der Waals surface area contributed by atoms with E-state index in [9.17, 15) is 18.0 Å². The van der Waals surface area contributed by atoms with E-state index in [1.54, 1.807) is 43.3 Å². The van der Waals surface area contributed by atoms with Crippen LogP contribution in [-0.2, 0) is 26.2 Å². The summed E-state index contributed by atoms with van der Waals surface area (Å²) in [5.74, 6) is 0.314. The molecule has 4 aromatic carbocycles. The van der Waals surface area contributed by atoms with E-state index in [2.05, 4.69) is 5.32 Å². The molecule has 0 unspecified atom stereocenters. The van der Waals surface area contributed by atoms with Gasteiger partial charge in [-0.3, -0.25) is 13.9 Å². The minimum Gasteiger partial charge on any atom is -0.457 e. The van der Waals surface area contributed by atoms with Gasteiger partial charge in [0.15, 0.2) is 0 Å². The number of rotatable bonds is 12. The first-order chi connectivity index (χ1) is 20.9. The number of ether oxygens (including phenoxy) is 1. The Morgan fingerprint density at radius 2 is 1.41 bits per heavy atom. The highest BCUT2D eigenvalue weighted by molar-refractivity contribution is 7.92. The van der Waals surface area contributed by atoms with Crippen molar-refractivity contribution in [2.24, 2.45) is 0 Å². The van der Waals surface area contributed by atoms with E-state index in [0.717, 1.165) is 21.0 Å². The lowest BCUT2D eigenvalue weighted by Gasteiger charge is -2.32. The predicted octanol–water partition coefficient (Wildman–Crippen LogP) is 6.23. The normalized spacial score (nSPS) is 12.0. The molecule has 0 bridgehead atoms. The maximum absolute atomic E-state index is 14.1. The average molecular weight is 614 g/mol. The monoisotopic (exact) mass is 613 g/mol. The summed E-state index contributed by atoms with van der Waals surface area (Å²) in [6, 6.07) is 28.9. The van der Waals surface area contributed by atoms with Crippen molar-refractivity contribution in [1.82, 2.24) is 10.2 Å². The molecule has 4 rings (SSSR count). The van der Waals surface area contributed by atoms with Crippen LogP contribution < -0.4 is 14.4 Å². The number of carbonyl (C=O) groups is 2. The standard InChI is InChI=1S/C35H39N3O5S/c1-25(2)36-35(40)28(5)37(23-29-11-9-10-27(4)22-29)34(39)24-38(44(41,42)33-20-14-26(3)15-21-33)30-16-18-32(19-17-30)43-31-12-7-6-8-13-31/h6-22,25,28H,23-24H2,1-5H3,(H,36,40)/t28-/m1/s1. The number of nitrogens with zero attached hydrogens (tertiary/aromatic N) is 2. The molecular formula is C35H39N3O5S. The molecule has 9 heteroatoms. The Morgan fingerprint density at radius 1 is 0.773 bits per heavy atom. The van der Waals surface area contributed by atoms with E-state index < -0.39 is 28.5 Å². The topological polar surface area (TPSA) is 96.0 Å². The summed E-state index contributed by atoms with van der Waals surface area (Å²) in [5.41, 5.74) is 3.03. The van der Waals surface area contributed by atoms with Crippen LogP contribution in [0.2, 0.25) is 0 Å². The van der Waals surface area contributed by atoms with E-state index in [0.29, 0.717) is 11.5 Å². The van der Waals surface area contributed by atoms with Crippen molar-refractivity contribution >= 4 is 27.5 Å². The van der Waals surface area contributed by atoms with Crippen LogP contribution >= 0.6 is 0 Å². The number of anilines is 1. The fourth-order valence-corrected chi connectivity index (χ4v) is 6.08. The molecule has 0 saturated heterocycles. The highest BCUT2D eigenvalue weighted by atomic mass is 32.2. The van der Waals surface area contributed by atoms with Crippen LogP contribution in [0.15, 0.2) is 108 Å². The van der Waals surface area contributed by atoms with E-state index in [1.807, 2.05) is 82.3 Å². The molecule has 1 atom stereocenters. The molecule has 0 aromatic heterocycles. The maximum atomic E-state index is 14.1. The molecule has 44 heavy (non-hydrogen) atoms. The number of amides is 2. The third kappa shape index (κ3) is 8.26. The van der Waals surface area contributed by atoms with Crippen LogP contribution in [0.4, 0.5) is 5.69 Å². The number of para-hydroxylation sites is 1. The van der Waals surface area contributed by atoms with E-state index in [-0.39, 0.29) is 29.1 Å². The van der Waals surface area contributed by atoms with Crippen molar-refractivity contribution in [2.75, 3.05) is 10.8 Å². The molecule has 0 heterocycles. The summed E-state index contributed by atoms with van der Waals surface area (Å²) in [7, 11) is -4.17. The highest BCUT2D eigenvalue weighted by Gasteiger charge is 2.32. The molecule has 2 amide bonds. The summed E-state index contributed by atoms with van der Waals surface area (Å²) < 4.78 is 35.1. The fraction of sp³-hybridized carbons (Fsp3) is 0.257. The van der Waals surface area contributed by atoms with Crippen LogP contribution in [0.1, 0.15) is 37.5 Å². The predicted molar refractivity (Wildman–Crippen MR) is 173 cm³/mol. The molecule has 0 aliphatic rings. The third-order valence-electron chi connectivity index (χ3n) is 7.03. The van der Waals surface area contributed by atoms with Crippen molar-refractivity contribution in [1.29, 1.82) is 0 Å². The van der Waals surface area contributed by atoms with Gasteiger partial charge < -0.3 is 15.0 Å². The van der Waals surface area contributed by atoms with Gasteiger partial charge in [-0.25, -0.2) is 8.42 Å². The van der Waals surface area contributed by atoms with Crippen molar-refractivity contribution in [2.45, 2.75) is 58.1 Å².